The summed E-state index contributed by atoms with van der Waals surface area (Å²) >= 11 is 0. The fourth-order valence-electron chi connectivity index (χ4n) is 2.37. The highest BCUT2D eigenvalue weighted by Crippen LogP contribution is 2.24. The van der Waals surface area contributed by atoms with Gasteiger partial charge in [-0.15, -0.1) is 0 Å². The van der Waals surface area contributed by atoms with Crippen LogP contribution in [0.25, 0.3) is 0 Å². The molecule has 0 spiro atoms. The largest absolute Gasteiger partial charge is 0.352 e. The summed E-state index contributed by atoms with van der Waals surface area (Å²) in [6.45, 7) is 2.76. The zero-order valence-corrected chi connectivity index (χ0v) is 10.2. The van der Waals surface area contributed by atoms with E-state index in [9.17, 15) is 4.79 Å². The Morgan fingerprint density at radius 1 is 1.65 bits per heavy atom. The van der Waals surface area contributed by atoms with Gasteiger partial charge >= 0.3 is 0 Å². The van der Waals surface area contributed by atoms with Gasteiger partial charge in [-0.05, 0) is 26.2 Å². The molecule has 17 heavy (non-hydrogen) atoms. The van der Waals surface area contributed by atoms with Crippen molar-refractivity contribution in [3.8, 4) is 0 Å². The summed E-state index contributed by atoms with van der Waals surface area (Å²) in [5.74, 6) is 0.251. The van der Waals surface area contributed by atoms with Gasteiger partial charge in [-0.2, -0.15) is 0 Å². The molecule has 1 aromatic rings. The third-order valence-electron chi connectivity index (χ3n) is 3.28. The first-order valence-corrected chi connectivity index (χ1v) is 6.17. The number of amides is 1. The lowest BCUT2D eigenvalue weighted by molar-refractivity contribution is -0.125. The van der Waals surface area contributed by atoms with Crippen LogP contribution in [0.1, 0.15) is 26.2 Å². The summed E-state index contributed by atoms with van der Waals surface area (Å²) in [6.07, 6.45) is 8.11. The van der Waals surface area contributed by atoms with Crippen LogP contribution in [0.15, 0.2) is 18.7 Å². The first-order valence-electron chi connectivity index (χ1n) is 6.17. The number of carbonyl (C=O) groups excluding carboxylic acids is 1. The first kappa shape index (κ1) is 12.1. The van der Waals surface area contributed by atoms with E-state index in [1.165, 1.54) is 0 Å². The summed E-state index contributed by atoms with van der Waals surface area (Å²) in [5.41, 5.74) is 5.81. The monoisotopic (exact) mass is 236 g/mol. The molecule has 5 heteroatoms. The van der Waals surface area contributed by atoms with Crippen molar-refractivity contribution in [2.24, 2.45) is 11.7 Å². The molecule has 1 aliphatic carbocycles. The van der Waals surface area contributed by atoms with E-state index in [0.717, 1.165) is 25.8 Å². The Labute approximate surface area is 101 Å². The van der Waals surface area contributed by atoms with Gasteiger partial charge < -0.3 is 15.6 Å². The van der Waals surface area contributed by atoms with E-state index in [1.54, 1.807) is 12.5 Å². The van der Waals surface area contributed by atoms with Crippen LogP contribution in [-0.2, 0) is 11.3 Å². The number of aromatic nitrogens is 2. The molecule has 5 nitrogen and oxygen atoms in total. The Kier molecular flexibility index (Phi) is 3.78. The average molecular weight is 236 g/mol. The molecular weight excluding hydrogens is 216 g/mol. The predicted octanol–water partition coefficient (Wildman–Crippen LogP) is 0.515. The molecule has 0 aliphatic heterocycles. The van der Waals surface area contributed by atoms with Gasteiger partial charge in [0.15, 0.2) is 0 Å². The third kappa shape index (κ3) is 3.30. The molecule has 3 atom stereocenters. The van der Waals surface area contributed by atoms with Crippen LogP contribution in [0.3, 0.4) is 0 Å². The van der Waals surface area contributed by atoms with Crippen molar-refractivity contribution in [1.82, 2.24) is 14.9 Å². The highest BCUT2D eigenvalue weighted by atomic mass is 16.1. The van der Waals surface area contributed by atoms with Crippen molar-refractivity contribution in [2.75, 3.05) is 0 Å². The van der Waals surface area contributed by atoms with Gasteiger partial charge in [-0.1, -0.05) is 0 Å². The van der Waals surface area contributed by atoms with Crippen LogP contribution in [-0.4, -0.2) is 27.5 Å². The molecule has 1 aliphatic rings. The Bertz CT molecular complexity index is 363. The number of hydrogen-bond donors (Lipinski definition) is 2. The van der Waals surface area contributed by atoms with Crippen LogP contribution in [0.5, 0.6) is 0 Å². The molecule has 1 aromatic heterocycles. The maximum Gasteiger partial charge on any atom is 0.223 e. The lowest BCUT2D eigenvalue weighted by atomic mass is 10.1. The van der Waals surface area contributed by atoms with Gasteiger partial charge in [0.2, 0.25) is 5.91 Å². The van der Waals surface area contributed by atoms with E-state index in [4.69, 9.17) is 5.73 Å². The van der Waals surface area contributed by atoms with Gasteiger partial charge in [-0.3, -0.25) is 4.79 Å². The molecule has 0 bridgehead atoms. The van der Waals surface area contributed by atoms with Crippen LogP contribution < -0.4 is 11.1 Å². The number of nitrogens with one attached hydrogen (secondary N) is 1. The van der Waals surface area contributed by atoms with E-state index in [1.807, 2.05) is 17.7 Å². The van der Waals surface area contributed by atoms with Crippen molar-refractivity contribution in [3.05, 3.63) is 18.7 Å². The molecule has 1 amide bonds. The van der Waals surface area contributed by atoms with Gasteiger partial charge in [0.1, 0.15) is 0 Å². The highest BCUT2D eigenvalue weighted by Gasteiger charge is 2.28. The Hall–Kier alpha value is -1.36. The van der Waals surface area contributed by atoms with Gasteiger partial charge in [0.05, 0.1) is 6.33 Å². The van der Waals surface area contributed by atoms with Gasteiger partial charge in [0.25, 0.3) is 0 Å². The molecule has 94 valence electrons. The molecule has 2 rings (SSSR count). The van der Waals surface area contributed by atoms with Crippen molar-refractivity contribution < 1.29 is 4.79 Å². The number of nitrogens with two attached hydrogens (primary N) is 1. The van der Waals surface area contributed by atoms with E-state index in [0.29, 0.717) is 0 Å². The second kappa shape index (κ2) is 5.31. The lowest BCUT2D eigenvalue weighted by Gasteiger charge is -2.17. The highest BCUT2D eigenvalue weighted by molar-refractivity contribution is 5.79. The van der Waals surface area contributed by atoms with Gasteiger partial charge in [0, 0.05) is 36.9 Å². The fraction of sp³-hybridized carbons (Fsp3) is 0.667. The zero-order valence-electron chi connectivity index (χ0n) is 10.2. The minimum Gasteiger partial charge on any atom is -0.352 e. The SMILES string of the molecule is CC(Cn1ccnc1)NC(=O)C1CCC(N)C1. The number of nitrogens with zero attached hydrogens (tertiary/aromatic N) is 2. The van der Waals surface area contributed by atoms with Gasteiger partial charge in [-0.25, -0.2) is 4.98 Å². The van der Waals surface area contributed by atoms with Crippen molar-refractivity contribution in [3.63, 3.8) is 0 Å². The first-order chi connectivity index (χ1) is 8.15. The maximum absolute atomic E-state index is 11.9. The molecular formula is C12H20N4O. The third-order valence-corrected chi connectivity index (χ3v) is 3.28. The Balaban J connectivity index is 1.78. The number of carbonyl (C=O) groups is 1. The minimum atomic E-state index is 0.107. The second-order valence-electron chi connectivity index (χ2n) is 4.94. The summed E-state index contributed by atoms with van der Waals surface area (Å²) < 4.78 is 1.96. The average Bonchev–Trinajstić information content (AvgIpc) is 2.89. The van der Waals surface area contributed by atoms with Crippen molar-refractivity contribution >= 4 is 5.91 Å². The summed E-state index contributed by atoms with van der Waals surface area (Å²) in [7, 11) is 0. The topological polar surface area (TPSA) is 72.9 Å². The van der Waals surface area contributed by atoms with Crippen molar-refractivity contribution in [2.45, 2.75) is 44.8 Å². The van der Waals surface area contributed by atoms with Crippen LogP contribution >= 0.6 is 0 Å². The quantitative estimate of drug-likeness (QED) is 0.800. The molecule has 0 aromatic carbocycles. The number of imidazole rings is 1. The molecule has 3 N–H and O–H groups in total. The molecule has 0 saturated heterocycles. The van der Waals surface area contributed by atoms with Crippen LogP contribution in [0.2, 0.25) is 0 Å². The number of rotatable bonds is 4. The zero-order chi connectivity index (χ0) is 12.3. The second-order valence-corrected chi connectivity index (χ2v) is 4.94. The Morgan fingerprint density at radius 3 is 3.06 bits per heavy atom. The van der Waals surface area contributed by atoms with E-state index >= 15 is 0 Å². The molecule has 3 unspecified atom stereocenters. The maximum atomic E-state index is 11.9. The number of hydrogen-bond acceptors (Lipinski definition) is 3. The Morgan fingerprint density at radius 2 is 2.47 bits per heavy atom. The fourth-order valence-corrected chi connectivity index (χ4v) is 2.37. The van der Waals surface area contributed by atoms with E-state index in [-0.39, 0.29) is 23.9 Å². The molecule has 0 radical (unpaired) electrons. The van der Waals surface area contributed by atoms with Crippen LogP contribution in [0, 0.1) is 5.92 Å². The van der Waals surface area contributed by atoms with Crippen molar-refractivity contribution in [1.29, 1.82) is 0 Å². The summed E-state index contributed by atoms with van der Waals surface area (Å²) in [6, 6.07) is 0.322. The minimum absolute atomic E-state index is 0.107. The molecule has 1 fully saturated rings. The molecule has 1 heterocycles. The van der Waals surface area contributed by atoms with E-state index < -0.39 is 0 Å². The normalized spacial score (nSPS) is 25.8. The predicted molar refractivity (Wildman–Crippen MR) is 65.1 cm³/mol. The summed E-state index contributed by atoms with van der Waals surface area (Å²) in [5, 5.41) is 3.04. The smallest absolute Gasteiger partial charge is 0.223 e. The van der Waals surface area contributed by atoms with Crippen LogP contribution in [0.4, 0.5) is 0 Å². The molecule has 1 saturated carbocycles. The van der Waals surface area contributed by atoms with E-state index in [2.05, 4.69) is 10.3 Å². The standard InChI is InChI=1S/C12H20N4O/c1-9(7-16-5-4-14-8-16)15-12(17)10-2-3-11(13)6-10/h4-5,8-11H,2-3,6-7,13H2,1H3,(H,15,17). The lowest BCUT2D eigenvalue weighted by Crippen LogP contribution is -2.39. The summed E-state index contributed by atoms with van der Waals surface area (Å²) in [4.78, 5) is 15.9.